The number of hydrogen-bond acceptors (Lipinski definition) is 6. The molecule has 0 unspecified atom stereocenters. The molecule has 1 N–H and O–H groups in total. The smallest absolute Gasteiger partial charge is 0.344 e. The molecule has 1 saturated heterocycles. The van der Waals surface area contributed by atoms with Gasteiger partial charge in [-0.15, -0.1) is 0 Å². The summed E-state index contributed by atoms with van der Waals surface area (Å²) in [4.78, 5) is 23.8. The molecule has 1 fully saturated rings. The van der Waals surface area contributed by atoms with Crippen LogP contribution in [0.15, 0.2) is 24.3 Å². The molecule has 0 bridgehead atoms. The molecule has 1 amide bonds. The topological polar surface area (TPSA) is 98.8 Å². The minimum absolute atomic E-state index is 0.0650. The largest absolute Gasteiger partial charge is 0.482 e. The summed E-state index contributed by atoms with van der Waals surface area (Å²) in [6.45, 7) is 5.30. The zero-order chi connectivity index (χ0) is 19.3. The molecule has 26 heavy (non-hydrogen) atoms. The number of sulfone groups is 1. The normalized spacial score (nSPS) is 19.8. The third-order valence-electron chi connectivity index (χ3n) is 4.16. The van der Waals surface area contributed by atoms with Crippen LogP contribution in [0.25, 0.3) is 0 Å². The molecule has 0 aromatic heterocycles. The van der Waals surface area contributed by atoms with Crippen molar-refractivity contribution in [3.8, 4) is 5.75 Å². The fourth-order valence-electron chi connectivity index (χ4n) is 2.60. The fourth-order valence-corrected chi connectivity index (χ4v) is 4.28. The first kappa shape index (κ1) is 20.2. The van der Waals surface area contributed by atoms with Crippen LogP contribution in [0.5, 0.6) is 5.75 Å². The van der Waals surface area contributed by atoms with Gasteiger partial charge in [0.2, 0.25) is 0 Å². The molecule has 0 radical (unpaired) electrons. The van der Waals surface area contributed by atoms with Crippen LogP contribution in [0, 0.1) is 0 Å². The number of carbonyl (C=O) groups is 2. The van der Waals surface area contributed by atoms with Crippen molar-refractivity contribution in [1.82, 2.24) is 5.32 Å². The predicted molar refractivity (Wildman–Crippen MR) is 96.8 cm³/mol. The molecular weight excluding hydrogens is 358 g/mol. The molecule has 0 saturated carbocycles. The van der Waals surface area contributed by atoms with Crippen LogP contribution in [0.1, 0.15) is 38.7 Å². The Labute approximate surface area is 154 Å². The van der Waals surface area contributed by atoms with Crippen LogP contribution in [0.4, 0.5) is 0 Å². The van der Waals surface area contributed by atoms with Gasteiger partial charge in [0.25, 0.3) is 5.91 Å². The van der Waals surface area contributed by atoms with E-state index in [0.717, 1.165) is 0 Å². The van der Waals surface area contributed by atoms with Gasteiger partial charge in [-0.2, -0.15) is 0 Å². The van der Waals surface area contributed by atoms with E-state index in [-0.39, 0.29) is 18.1 Å². The number of rotatable bonds is 7. The van der Waals surface area contributed by atoms with E-state index in [1.54, 1.807) is 12.1 Å². The van der Waals surface area contributed by atoms with Gasteiger partial charge in [0.05, 0.1) is 11.5 Å². The van der Waals surface area contributed by atoms with Crippen LogP contribution >= 0.6 is 0 Å². The molecule has 1 aliphatic heterocycles. The molecule has 1 aliphatic rings. The maximum Gasteiger partial charge on any atom is 0.344 e. The van der Waals surface area contributed by atoms with Gasteiger partial charge >= 0.3 is 5.97 Å². The van der Waals surface area contributed by atoms with E-state index in [0.29, 0.717) is 18.1 Å². The summed E-state index contributed by atoms with van der Waals surface area (Å²) in [6.07, 6.45) is -0.637. The number of benzene rings is 1. The molecule has 0 spiro atoms. The van der Waals surface area contributed by atoms with Crippen molar-refractivity contribution >= 4 is 21.7 Å². The highest BCUT2D eigenvalue weighted by Gasteiger charge is 2.30. The minimum Gasteiger partial charge on any atom is -0.482 e. The number of ether oxygens (including phenoxy) is 2. The van der Waals surface area contributed by atoms with Crippen molar-refractivity contribution < 1.29 is 27.5 Å². The highest BCUT2D eigenvalue weighted by atomic mass is 32.2. The standard InChI is InChI=1S/C18H25NO6S/c1-12(2)14-4-6-16(7-5-14)24-10-17(20)25-13(3)18(21)19-15-8-9-26(22,23)11-15/h4-7,12-13,15H,8-11H2,1-3H3,(H,19,21)/t13-,15+/m1/s1. The molecule has 1 aromatic rings. The van der Waals surface area contributed by atoms with Gasteiger partial charge < -0.3 is 14.8 Å². The van der Waals surface area contributed by atoms with Gasteiger partial charge in [-0.25, -0.2) is 13.2 Å². The van der Waals surface area contributed by atoms with Gasteiger partial charge in [0.15, 0.2) is 22.5 Å². The Kier molecular flexibility index (Phi) is 6.63. The molecule has 0 aliphatic carbocycles. The predicted octanol–water partition coefficient (Wildman–Crippen LogP) is 1.42. The lowest BCUT2D eigenvalue weighted by Gasteiger charge is -2.16. The molecule has 2 rings (SSSR count). The highest BCUT2D eigenvalue weighted by molar-refractivity contribution is 7.91. The highest BCUT2D eigenvalue weighted by Crippen LogP contribution is 2.18. The Morgan fingerprint density at radius 3 is 2.38 bits per heavy atom. The molecule has 144 valence electrons. The van der Waals surface area contributed by atoms with Crippen molar-refractivity contribution in [2.24, 2.45) is 0 Å². The summed E-state index contributed by atoms with van der Waals surface area (Å²) in [7, 11) is -3.08. The van der Waals surface area contributed by atoms with E-state index < -0.39 is 33.9 Å². The lowest BCUT2D eigenvalue weighted by atomic mass is 10.0. The Morgan fingerprint density at radius 1 is 1.19 bits per heavy atom. The Bertz CT molecular complexity index is 741. The summed E-state index contributed by atoms with van der Waals surface area (Å²) >= 11 is 0. The second kappa shape index (κ2) is 8.53. The summed E-state index contributed by atoms with van der Waals surface area (Å²) in [5.41, 5.74) is 1.17. The Balaban J connectivity index is 1.75. The molecular formula is C18H25NO6S. The first-order chi connectivity index (χ1) is 12.2. The quantitative estimate of drug-likeness (QED) is 0.715. The lowest BCUT2D eigenvalue weighted by molar-refractivity contribution is -0.156. The van der Waals surface area contributed by atoms with E-state index in [2.05, 4.69) is 19.2 Å². The maximum absolute atomic E-state index is 12.0. The van der Waals surface area contributed by atoms with Gasteiger partial charge in [0, 0.05) is 6.04 Å². The van der Waals surface area contributed by atoms with E-state index in [1.165, 1.54) is 12.5 Å². The zero-order valence-electron chi connectivity index (χ0n) is 15.2. The molecule has 8 heteroatoms. The average molecular weight is 383 g/mol. The van der Waals surface area contributed by atoms with Crippen LogP contribution in [-0.2, 0) is 24.2 Å². The van der Waals surface area contributed by atoms with Gasteiger partial charge in [-0.3, -0.25) is 4.79 Å². The number of hydrogen-bond donors (Lipinski definition) is 1. The van der Waals surface area contributed by atoms with Crippen molar-refractivity contribution in [2.45, 2.75) is 45.3 Å². The average Bonchev–Trinajstić information content (AvgIpc) is 2.91. The first-order valence-electron chi connectivity index (χ1n) is 8.59. The fraction of sp³-hybridized carbons (Fsp3) is 0.556. The summed E-state index contributed by atoms with van der Waals surface area (Å²) < 4.78 is 33.2. The maximum atomic E-state index is 12.0. The molecule has 1 aromatic carbocycles. The van der Waals surface area contributed by atoms with Crippen molar-refractivity contribution in [3.63, 3.8) is 0 Å². The molecule has 1 heterocycles. The van der Waals surface area contributed by atoms with Crippen LogP contribution in [-0.4, -0.2) is 50.6 Å². The second-order valence-electron chi connectivity index (χ2n) is 6.75. The van der Waals surface area contributed by atoms with E-state index in [1.807, 2.05) is 12.1 Å². The van der Waals surface area contributed by atoms with Gasteiger partial charge in [-0.1, -0.05) is 26.0 Å². The Hall–Kier alpha value is -2.09. The van der Waals surface area contributed by atoms with Gasteiger partial charge in [-0.05, 0) is 37.0 Å². The lowest BCUT2D eigenvalue weighted by Crippen LogP contribution is -2.43. The minimum atomic E-state index is -3.08. The van der Waals surface area contributed by atoms with Crippen LogP contribution in [0.2, 0.25) is 0 Å². The molecule has 7 nitrogen and oxygen atoms in total. The number of carbonyl (C=O) groups excluding carboxylic acids is 2. The summed E-state index contributed by atoms with van der Waals surface area (Å²) in [5.74, 6) is -0.242. The van der Waals surface area contributed by atoms with Crippen molar-refractivity contribution in [1.29, 1.82) is 0 Å². The third kappa shape index (κ3) is 6.01. The summed E-state index contributed by atoms with van der Waals surface area (Å²) in [6, 6.07) is 6.98. The van der Waals surface area contributed by atoms with E-state index in [9.17, 15) is 18.0 Å². The first-order valence-corrected chi connectivity index (χ1v) is 10.4. The van der Waals surface area contributed by atoms with Crippen molar-refractivity contribution in [3.05, 3.63) is 29.8 Å². The van der Waals surface area contributed by atoms with Crippen LogP contribution in [0.3, 0.4) is 0 Å². The monoisotopic (exact) mass is 383 g/mol. The second-order valence-corrected chi connectivity index (χ2v) is 8.98. The molecule has 2 atom stereocenters. The van der Waals surface area contributed by atoms with Crippen LogP contribution < -0.4 is 10.1 Å². The Morgan fingerprint density at radius 2 is 1.85 bits per heavy atom. The number of amides is 1. The van der Waals surface area contributed by atoms with Crippen molar-refractivity contribution in [2.75, 3.05) is 18.1 Å². The third-order valence-corrected chi connectivity index (χ3v) is 5.93. The SMILES string of the molecule is CC(C)c1ccc(OCC(=O)O[C@H](C)C(=O)N[C@H]2CCS(=O)(=O)C2)cc1. The van der Waals surface area contributed by atoms with E-state index in [4.69, 9.17) is 9.47 Å². The number of nitrogens with one attached hydrogen (secondary N) is 1. The van der Waals surface area contributed by atoms with Gasteiger partial charge in [0.1, 0.15) is 5.75 Å². The number of esters is 1. The van der Waals surface area contributed by atoms with E-state index >= 15 is 0 Å². The summed E-state index contributed by atoms with van der Waals surface area (Å²) in [5, 5.41) is 2.59. The zero-order valence-corrected chi connectivity index (χ0v) is 16.0.